The van der Waals surface area contributed by atoms with Crippen LogP contribution in [0.4, 0.5) is 0 Å². The molecule has 1 aromatic rings. The van der Waals surface area contributed by atoms with Crippen molar-refractivity contribution in [3.05, 3.63) is 34.9 Å². The maximum Gasteiger partial charge on any atom is 0.0297 e. The number of piperidine rings is 1. The van der Waals surface area contributed by atoms with Crippen molar-refractivity contribution in [2.45, 2.75) is 64.6 Å². The van der Waals surface area contributed by atoms with Gasteiger partial charge in [0.1, 0.15) is 0 Å². The zero-order valence-electron chi connectivity index (χ0n) is 13.2. The minimum atomic E-state index is 0.466. The summed E-state index contributed by atoms with van der Waals surface area (Å²) in [5.74, 6) is 0. The lowest BCUT2D eigenvalue weighted by Gasteiger charge is -2.36. The minimum absolute atomic E-state index is 0.466. The first kappa shape index (κ1) is 14.1. The van der Waals surface area contributed by atoms with Gasteiger partial charge < -0.3 is 10.2 Å². The van der Waals surface area contributed by atoms with Gasteiger partial charge in [-0.25, -0.2) is 0 Å². The number of nitrogens with one attached hydrogen (secondary N) is 1. The summed E-state index contributed by atoms with van der Waals surface area (Å²) >= 11 is 0. The normalized spacial score (nSPS) is 28.4. The van der Waals surface area contributed by atoms with Crippen LogP contribution in [0.25, 0.3) is 0 Å². The van der Waals surface area contributed by atoms with Crippen LogP contribution >= 0.6 is 0 Å². The van der Waals surface area contributed by atoms with Crippen LogP contribution in [0, 0.1) is 13.8 Å². The van der Waals surface area contributed by atoms with E-state index in [0.29, 0.717) is 12.1 Å². The molecule has 0 aliphatic carbocycles. The molecular formula is C18H28N2. The first-order valence-electron chi connectivity index (χ1n) is 8.21. The molecule has 1 N–H and O–H groups in total. The number of hydrogen-bond acceptors (Lipinski definition) is 2. The maximum absolute atomic E-state index is 3.89. The molecule has 0 radical (unpaired) electrons. The van der Waals surface area contributed by atoms with Gasteiger partial charge in [-0.3, -0.25) is 0 Å². The van der Waals surface area contributed by atoms with Crippen LogP contribution in [0.1, 0.15) is 55.3 Å². The van der Waals surface area contributed by atoms with Crippen molar-refractivity contribution in [2.75, 3.05) is 13.1 Å². The molecule has 110 valence electrons. The van der Waals surface area contributed by atoms with Crippen molar-refractivity contribution in [1.29, 1.82) is 0 Å². The van der Waals surface area contributed by atoms with E-state index < -0.39 is 0 Å². The first-order valence-corrected chi connectivity index (χ1v) is 8.21. The summed E-state index contributed by atoms with van der Waals surface area (Å²) in [6, 6.07) is 8.83. The Morgan fingerprint density at radius 2 is 2.05 bits per heavy atom. The van der Waals surface area contributed by atoms with E-state index in [1.54, 1.807) is 0 Å². The lowest BCUT2D eigenvalue weighted by Crippen LogP contribution is -2.46. The van der Waals surface area contributed by atoms with Gasteiger partial charge in [-0.15, -0.1) is 0 Å². The Morgan fingerprint density at radius 3 is 2.90 bits per heavy atom. The number of rotatable bonds is 3. The highest BCUT2D eigenvalue weighted by atomic mass is 15.2. The number of benzene rings is 1. The van der Waals surface area contributed by atoms with Crippen molar-refractivity contribution < 1.29 is 0 Å². The van der Waals surface area contributed by atoms with Crippen molar-refractivity contribution in [3.8, 4) is 0 Å². The van der Waals surface area contributed by atoms with E-state index in [2.05, 4.69) is 49.2 Å². The highest BCUT2D eigenvalue weighted by molar-refractivity contribution is 5.32. The van der Waals surface area contributed by atoms with Crippen LogP contribution in [-0.2, 0) is 0 Å². The maximum atomic E-state index is 3.89. The molecule has 1 aromatic carbocycles. The Kier molecular flexibility index (Phi) is 4.13. The largest absolute Gasteiger partial charge is 0.307 e. The third-order valence-corrected chi connectivity index (χ3v) is 5.21. The Bertz CT molecular complexity index is 468. The Morgan fingerprint density at radius 1 is 1.20 bits per heavy atom. The van der Waals surface area contributed by atoms with Crippen LogP contribution in [-0.4, -0.2) is 30.1 Å². The van der Waals surface area contributed by atoms with Crippen LogP contribution in [0.2, 0.25) is 0 Å². The van der Waals surface area contributed by atoms with Gasteiger partial charge in [-0.05, 0) is 70.7 Å². The molecule has 0 amide bonds. The molecule has 0 bridgehead atoms. The van der Waals surface area contributed by atoms with Gasteiger partial charge in [-0.2, -0.15) is 0 Å². The molecule has 2 heterocycles. The molecule has 2 nitrogen and oxygen atoms in total. The molecule has 0 spiro atoms. The van der Waals surface area contributed by atoms with Gasteiger partial charge in [0.05, 0.1) is 0 Å². The van der Waals surface area contributed by atoms with E-state index >= 15 is 0 Å². The Labute approximate surface area is 123 Å². The molecule has 20 heavy (non-hydrogen) atoms. The quantitative estimate of drug-likeness (QED) is 0.905. The summed E-state index contributed by atoms with van der Waals surface area (Å²) in [4.78, 5) is 2.70. The zero-order valence-corrected chi connectivity index (χ0v) is 13.2. The number of aryl methyl sites for hydroxylation is 2. The second-order valence-electron chi connectivity index (χ2n) is 6.80. The van der Waals surface area contributed by atoms with Crippen LogP contribution in [0.3, 0.4) is 0 Å². The van der Waals surface area contributed by atoms with Crippen LogP contribution in [0.5, 0.6) is 0 Å². The Balaban J connectivity index is 1.64. The fourth-order valence-corrected chi connectivity index (χ4v) is 4.05. The van der Waals surface area contributed by atoms with E-state index in [1.165, 1.54) is 55.5 Å². The molecule has 3 unspecified atom stereocenters. The number of nitrogens with zero attached hydrogens (tertiary/aromatic N) is 1. The topological polar surface area (TPSA) is 15.3 Å². The van der Waals surface area contributed by atoms with Gasteiger partial charge in [0.15, 0.2) is 0 Å². The van der Waals surface area contributed by atoms with Crippen molar-refractivity contribution >= 4 is 0 Å². The molecule has 2 heteroatoms. The summed E-state index contributed by atoms with van der Waals surface area (Å²) in [6.07, 6.45) is 5.47. The highest BCUT2D eigenvalue weighted by Crippen LogP contribution is 2.28. The molecule has 3 rings (SSSR count). The van der Waals surface area contributed by atoms with Crippen molar-refractivity contribution in [2.24, 2.45) is 0 Å². The lowest BCUT2D eigenvalue weighted by atomic mass is 9.94. The van der Waals surface area contributed by atoms with Crippen molar-refractivity contribution in [3.63, 3.8) is 0 Å². The average molecular weight is 272 g/mol. The zero-order chi connectivity index (χ0) is 14.1. The SMILES string of the molecule is Cc1ccc(C)c(C(C)NC2CCN3CCCC3C2)c1. The molecule has 2 aliphatic heterocycles. The number of hydrogen-bond donors (Lipinski definition) is 1. The predicted molar refractivity (Wildman–Crippen MR) is 85.1 cm³/mol. The average Bonchev–Trinajstić information content (AvgIpc) is 2.89. The molecule has 0 aromatic heterocycles. The predicted octanol–water partition coefficient (Wildman–Crippen LogP) is 3.58. The number of fused-ring (bicyclic) bond motifs is 1. The van der Waals surface area contributed by atoms with Gasteiger partial charge in [0, 0.05) is 18.1 Å². The third kappa shape index (κ3) is 2.91. The van der Waals surface area contributed by atoms with Gasteiger partial charge in [0.2, 0.25) is 0 Å². The third-order valence-electron chi connectivity index (χ3n) is 5.21. The van der Waals surface area contributed by atoms with Gasteiger partial charge >= 0.3 is 0 Å². The molecule has 2 fully saturated rings. The van der Waals surface area contributed by atoms with E-state index in [0.717, 1.165) is 6.04 Å². The lowest BCUT2D eigenvalue weighted by molar-refractivity contribution is 0.162. The Hall–Kier alpha value is -0.860. The standard InChI is InChI=1S/C18H28N2/c1-13-6-7-14(2)18(11-13)15(3)19-16-8-10-20-9-4-5-17(20)12-16/h6-7,11,15-17,19H,4-5,8-10,12H2,1-3H3. The highest BCUT2D eigenvalue weighted by Gasteiger charge is 2.32. The van der Waals surface area contributed by atoms with Gasteiger partial charge in [0.25, 0.3) is 0 Å². The van der Waals surface area contributed by atoms with Crippen LogP contribution < -0.4 is 5.32 Å². The molecule has 2 saturated heterocycles. The molecule has 2 aliphatic rings. The molecule has 0 saturated carbocycles. The van der Waals surface area contributed by atoms with E-state index in [1.807, 2.05) is 0 Å². The van der Waals surface area contributed by atoms with E-state index in [-0.39, 0.29) is 0 Å². The summed E-state index contributed by atoms with van der Waals surface area (Å²) in [6.45, 7) is 9.37. The van der Waals surface area contributed by atoms with E-state index in [4.69, 9.17) is 0 Å². The van der Waals surface area contributed by atoms with Gasteiger partial charge in [-0.1, -0.05) is 23.8 Å². The monoisotopic (exact) mass is 272 g/mol. The second kappa shape index (κ2) is 5.87. The fraction of sp³-hybridized carbons (Fsp3) is 0.667. The van der Waals surface area contributed by atoms with Crippen molar-refractivity contribution in [1.82, 2.24) is 10.2 Å². The first-order chi connectivity index (χ1) is 9.63. The molecule has 3 atom stereocenters. The van der Waals surface area contributed by atoms with E-state index in [9.17, 15) is 0 Å². The minimum Gasteiger partial charge on any atom is -0.307 e. The second-order valence-corrected chi connectivity index (χ2v) is 6.80. The molecular weight excluding hydrogens is 244 g/mol. The summed E-state index contributed by atoms with van der Waals surface area (Å²) in [5, 5.41) is 3.89. The summed E-state index contributed by atoms with van der Waals surface area (Å²) in [5.41, 5.74) is 4.25. The fourth-order valence-electron chi connectivity index (χ4n) is 4.05. The summed E-state index contributed by atoms with van der Waals surface area (Å²) in [7, 11) is 0. The van der Waals surface area contributed by atoms with Crippen LogP contribution in [0.15, 0.2) is 18.2 Å². The smallest absolute Gasteiger partial charge is 0.0297 e. The summed E-state index contributed by atoms with van der Waals surface area (Å²) < 4.78 is 0.